The average molecular weight is 336 g/mol. The van der Waals surface area contributed by atoms with Gasteiger partial charge in [-0.1, -0.05) is 32.4 Å². The second-order valence-electron chi connectivity index (χ2n) is 6.45. The number of unbranched alkanes of at least 4 members (excludes halogenated alkanes) is 1. The van der Waals surface area contributed by atoms with Gasteiger partial charge in [0.25, 0.3) is 0 Å². The van der Waals surface area contributed by atoms with Gasteiger partial charge in [-0.15, -0.1) is 0 Å². The summed E-state index contributed by atoms with van der Waals surface area (Å²) in [6, 6.07) is 7.46. The monoisotopic (exact) mass is 336 g/mol. The normalized spacial score (nSPS) is 13.5. The number of carbonyl (C=O) groups is 1. The Morgan fingerprint density at radius 3 is 2.50 bits per heavy atom. The van der Waals surface area contributed by atoms with Crippen LogP contribution in [0.4, 0.5) is 0 Å². The Labute approximate surface area is 147 Å². The van der Waals surface area contributed by atoms with Gasteiger partial charge in [-0.25, -0.2) is 4.79 Å². The van der Waals surface area contributed by atoms with Crippen LogP contribution in [0.15, 0.2) is 24.3 Å². The van der Waals surface area contributed by atoms with Gasteiger partial charge in [0.2, 0.25) is 0 Å². The number of rotatable bonds is 12. The summed E-state index contributed by atoms with van der Waals surface area (Å²) < 4.78 is 11.7. The van der Waals surface area contributed by atoms with Crippen molar-refractivity contribution in [2.45, 2.75) is 46.6 Å². The molecule has 0 N–H and O–H groups in total. The van der Waals surface area contributed by atoms with E-state index in [9.17, 15) is 4.79 Å². The fourth-order valence-corrected chi connectivity index (χ4v) is 3.15. The van der Waals surface area contributed by atoms with E-state index >= 15 is 0 Å². The van der Waals surface area contributed by atoms with Crippen molar-refractivity contribution in [1.29, 1.82) is 0 Å². The van der Waals surface area contributed by atoms with Crippen molar-refractivity contribution in [2.75, 3.05) is 39.9 Å². The van der Waals surface area contributed by atoms with Crippen LogP contribution < -0.4 is 0 Å². The molecular formula is C20H34NO3+. The Balaban J connectivity index is 2.59. The van der Waals surface area contributed by atoms with Gasteiger partial charge in [0.1, 0.15) is 13.2 Å². The molecule has 0 heterocycles. The standard InChI is InChI=1S/C20H34NO3/c1-5-8-13-21(7-3,12-6-2)14-15-24-20(22)19-11-9-10-18(16-19)17-23-4/h9-11,16H,5-8,12-15,17H2,1-4H3/q+1. The van der Waals surface area contributed by atoms with Gasteiger partial charge in [0, 0.05) is 7.11 Å². The molecule has 0 fully saturated rings. The minimum atomic E-state index is -0.242. The quantitative estimate of drug-likeness (QED) is 0.427. The molecule has 136 valence electrons. The summed E-state index contributed by atoms with van der Waals surface area (Å²) in [6.45, 7) is 12.0. The van der Waals surface area contributed by atoms with Gasteiger partial charge < -0.3 is 14.0 Å². The molecule has 1 aromatic rings. The van der Waals surface area contributed by atoms with Crippen LogP contribution in [-0.4, -0.2) is 50.3 Å². The van der Waals surface area contributed by atoms with E-state index in [0.29, 0.717) is 18.8 Å². The van der Waals surface area contributed by atoms with Crippen molar-refractivity contribution >= 4 is 5.97 Å². The van der Waals surface area contributed by atoms with Crippen LogP contribution in [0.25, 0.3) is 0 Å². The van der Waals surface area contributed by atoms with E-state index in [4.69, 9.17) is 9.47 Å². The molecular weight excluding hydrogens is 302 g/mol. The molecule has 1 atom stereocenters. The number of benzene rings is 1. The van der Waals surface area contributed by atoms with Crippen LogP contribution in [0, 0.1) is 0 Å². The van der Waals surface area contributed by atoms with Crippen LogP contribution >= 0.6 is 0 Å². The third-order valence-corrected chi connectivity index (χ3v) is 4.63. The van der Waals surface area contributed by atoms with E-state index in [2.05, 4.69) is 20.8 Å². The van der Waals surface area contributed by atoms with Gasteiger partial charge in [0.05, 0.1) is 31.8 Å². The Morgan fingerprint density at radius 2 is 1.88 bits per heavy atom. The first kappa shape index (κ1) is 20.7. The molecule has 0 aliphatic heterocycles. The Kier molecular flexibility index (Phi) is 9.65. The summed E-state index contributed by atoms with van der Waals surface area (Å²) in [4.78, 5) is 12.3. The summed E-state index contributed by atoms with van der Waals surface area (Å²) in [6.07, 6.45) is 3.58. The fraction of sp³-hybridized carbons (Fsp3) is 0.650. The number of methoxy groups -OCH3 is 1. The number of likely N-dealkylation sites (N-methyl/N-ethyl adjacent to an activating group) is 1. The number of carbonyl (C=O) groups excluding carboxylic acids is 1. The highest BCUT2D eigenvalue weighted by molar-refractivity contribution is 5.89. The number of esters is 1. The topological polar surface area (TPSA) is 35.5 Å². The van der Waals surface area contributed by atoms with Crippen LogP contribution in [-0.2, 0) is 16.1 Å². The van der Waals surface area contributed by atoms with Gasteiger partial charge in [0.15, 0.2) is 0 Å². The second kappa shape index (κ2) is 11.2. The Morgan fingerprint density at radius 1 is 1.08 bits per heavy atom. The third-order valence-electron chi connectivity index (χ3n) is 4.63. The number of ether oxygens (including phenoxy) is 2. The molecule has 1 rings (SSSR count). The summed E-state index contributed by atoms with van der Waals surface area (Å²) >= 11 is 0. The zero-order valence-electron chi connectivity index (χ0n) is 15.8. The van der Waals surface area contributed by atoms with Crippen molar-refractivity contribution < 1.29 is 18.8 Å². The van der Waals surface area contributed by atoms with Crippen LogP contribution in [0.5, 0.6) is 0 Å². The molecule has 0 spiro atoms. The predicted molar refractivity (Wildman–Crippen MR) is 98.0 cm³/mol. The maximum Gasteiger partial charge on any atom is 0.338 e. The maximum absolute atomic E-state index is 12.3. The number of nitrogens with zero attached hydrogens (tertiary/aromatic N) is 1. The molecule has 0 aromatic heterocycles. The SMILES string of the molecule is CCCC[N+](CC)(CCC)CCOC(=O)c1cccc(COC)c1. The lowest BCUT2D eigenvalue weighted by Gasteiger charge is -2.37. The first-order valence-electron chi connectivity index (χ1n) is 9.20. The summed E-state index contributed by atoms with van der Waals surface area (Å²) in [5.41, 5.74) is 1.59. The minimum absolute atomic E-state index is 0.242. The largest absolute Gasteiger partial charge is 0.456 e. The molecule has 0 saturated carbocycles. The lowest BCUT2D eigenvalue weighted by Crippen LogP contribution is -2.51. The molecule has 0 amide bonds. The van der Waals surface area contributed by atoms with Gasteiger partial charge in [-0.3, -0.25) is 0 Å². The number of hydrogen-bond acceptors (Lipinski definition) is 3. The zero-order valence-corrected chi connectivity index (χ0v) is 15.8. The maximum atomic E-state index is 12.3. The Bertz CT molecular complexity index is 490. The van der Waals surface area contributed by atoms with Crippen molar-refractivity contribution in [2.24, 2.45) is 0 Å². The van der Waals surface area contributed by atoms with Crippen molar-refractivity contribution in [3.8, 4) is 0 Å². The van der Waals surface area contributed by atoms with E-state index in [1.165, 1.54) is 19.4 Å². The number of hydrogen-bond donors (Lipinski definition) is 0. The fourth-order valence-electron chi connectivity index (χ4n) is 3.15. The molecule has 1 aromatic carbocycles. The second-order valence-corrected chi connectivity index (χ2v) is 6.45. The molecule has 4 nitrogen and oxygen atoms in total. The van der Waals surface area contributed by atoms with Crippen LogP contribution in [0.1, 0.15) is 56.0 Å². The highest BCUT2D eigenvalue weighted by Gasteiger charge is 2.24. The summed E-state index contributed by atoms with van der Waals surface area (Å²) in [7, 11) is 1.65. The van der Waals surface area contributed by atoms with E-state index < -0.39 is 0 Å². The van der Waals surface area contributed by atoms with Crippen LogP contribution in [0.3, 0.4) is 0 Å². The summed E-state index contributed by atoms with van der Waals surface area (Å²) in [5.74, 6) is -0.242. The summed E-state index contributed by atoms with van der Waals surface area (Å²) in [5, 5.41) is 0. The van der Waals surface area contributed by atoms with Gasteiger partial charge in [-0.2, -0.15) is 0 Å². The average Bonchev–Trinajstić information content (AvgIpc) is 2.60. The minimum Gasteiger partial charge on any atom is -0.456 e. The van der Waals surface area contributed by atoms with E-state index in [1.54, 1.807) is 13.2 Å². The molecule has 4 heteroatoms. The molecule has 0 aliphatic rings. The van der Waals surface area contributed by atoms with Crippen molar-refractivity contribution in [1.82, 2.24) is 0 Å². The Hall–Kier alpha value is -1.39. The molecule has 0 saturated heterocycles. The lowest BCUT2D eigenvalue weighted by atomic mass is 10.1. The number of quaternary nitrogens is 1. The third kappa shape index (κ3) is 6.62. The van der Waals surface area contributed by atoms with Gasteiger partial charge >= 0.3 is 5.97 Å². The first-order chi connectivity index (χ1) is 11.6. The van der Waals surface area contributed by atoms with E-state index in [-0.39, 0.29) is 5.97 Å². The smallest absolute Gasteiger partial charge is 0.338 e. The van der Waals surface area contributed by atoms with Crippen LogP contribution in [0.2, 0.25) is 0 Å². The van der Waals surface area contributed by atoms with Crippen molar-refractivity contribution in [3.05, 3.63) is 35.4 Å². The molecule has 0 bridgehead atoms. The highest BCUT2D eigenvalue weighted by Crippen LogP contribution is 2.12. The first-order valence-corrected chi connectivity index (χ1v) is 9.20. The van der Waals surface area contributed by atoms with E-state index in [1.807, 2.05) is 18.2 Å². The highest BCUT2D eigenvalue weighted by atomic mass is 16.5. The van der Waals surface area contributed by atoms with E-state index in [0.717, 1.165) is 36.1 Å². The predicted octanol–water partition coefficient (Wildman–Crippen LogP) is 4.04. The molecule has 24 heavy (non-hydrogen) atoms. The zero-order chi connectivity index (χ0) is 17.8. The molecule has 0 aliphatic carbocycles. The van der Waals surface area contributed by atoms with Gasteiger partial charge in [-0.05, 0) is 37.5 Å². The van der Waals surface area contributed by atoms with Crippen molar-refractivity contribution in [3.63, 3.8) is 0 Å². The molecule has 1 unspecified atom stereocenters. The lowest BCUT2D eigenvalue weighted by molar-refractivity contribution is -0.926. The molecule has 0 radical (unpaired) electrons.